The second-order valence-corrected chi connectivity index (χ2v) is 25.3. The van der Waals surface area contributed by atoms with Gasteiger partial charge in [0.2, 0.25) is 29.5 Å². The van der Waals surface area contributed by atoms with Crippen molar-refractivity contribution in [1.82, 2.24) is 51.0 Å². The molecule has 0 radical (unpaired) electrons. The number of carboxylic acids is 1. The van der Waals surface area contributed by atoms with Crippen LogP contribution in [0.1, 0.15) is 147 Å². The number of piperidine rings is 2. The number of aromatic nitrogens is 4. The fourth-order valence-corrected chi connectivity index (χ4v) is 13.1. The van der Waals surface area contributed by atoms with Gasteiger partial charge >= 0.3 is 5.97 Å². The molecule has 6 aliphatic heterocycles. The van der Waals surface area contributed by atoms with E-state index in [1.54, 1.807) is 54.6 Å². The van der Waals surface area contributed by atoms with E-state index in [1.165, 1.54) is 9.80 Å². The second kappa shape index (κ2) is 34.7. The molecule has 0 aliphatic carbocycles. The number of nitrogen functional groups attached to an aromatic ring is 2. The molecule has 99 heavy (non-hydrogen) atoms. The molecule has 7 amide bonds. The monoisotopic (exact) mass is 1360 g/mol. The Morgan fingerprint density at radius 1 is 0.495 bits per heavy atom. The number of piperazine rings is 2. The van der Waals surface area contributed by atoms with Crippen LogP contribution in [0.4, 0.5) is 23.0 Å². The number of amides is 7. The largest absolute Gasteiger partial charge is 0.507 e. The molecule has 2 atom stereocenters. The number of carbonyl (C=O) groups is 8. The number of hydrogen-bond donors (Lipinski definition) is 8. The minimum atomic E-state index is -0.742. The van der Waals surface area contributed by atoms with Gasteiger partial charge in [0.1, 0.15) is 35.1 Å². The van der Waals surface area contributed by atoms with Crippen molar-refractivity contribution in [3.8, 4) is 45.5 Å². The third kappa shape index (κ3) is 18.6. The minimum absolute atomic E-state index is 0.130. The van der Waals surface area contributed by atoms with Crippen molar-refractivity contribution in [2.75, 3.05) is 86.8 Å². The third-order valence-corrected chi connectivity index (χ3v) is 18.6. The van der Waals surface area contributed by atoms with Gasteiger partial charge in [-0.25, -0.2) is 0 Å². The molecule has 10 N–H and O–H groups in total. The van der Waals surface area contributed by atoms with Gasteiger partial charge in [-0.3, -0.25) is 49.0 Å². The van der Waals surface area contributed by atoms with Crippen LogP contribution in [0.5, 0.6) is 23.0 Å². The number of rotatable bonds is 26. The summed E-state index contributed by atoms with van der Waals surface area (Å²) in [7, 11) is 0. The van der Waals surface area contributed by atoms with Crippen LogP contribution in [0.15, 0.2) is 97.1 Å². The number of phenolic OH excluding ortho intramolecular Hbond substituents is 2. The SMILES string of the molecule is Nc1nnc(-c2ccccc2O)cc1N1CCN(C(=O)CCCCCCCCOc2cccc3c2CN(C2CCC(=O)NC2=O)C3=O)CC1.Nc1nnc(-c2ccccc2O)cc1N1CCNCC1.O=C(O)CCCCCCCCOc1cccc2c1CN(C1CCC(=O)NC1=O)C2=O. The van der Waals surface area contributed by atoms with Crippen molar-refractivity contribution in [2.24, 2.45) is 0 Å². The maximum atomic E-state index is 13.0. The first-order valence-corrected chi connectivity index (χ1v) is 34.3. The van der Waals surface area contributed by atoms with Gasteiger partial charge in [-0.2, -0.15) is 0 Å². The van der Waals surface area contributed by atoms with Crippen LogP contribution >= 0.6 is 0 Å². The van der Waals surface area contributed by atoms with E-state index >= 15 is 0 Å². The average molecular weight is 1360 g/mol. The summed E-state index contributed by atoms with van der Waals surface area (Å²) in [5.41, 5.74) is 18.8. The highest BCUT2D eigenvalue weighted by Gasteiger charge is 2.42. The maximum absolute atomic E-state index is 13.0. The van der Waals surface area contributed by atoms with Crippen molar-refractivity contribution in [3.63, 3.8) is 0 Å². The van der Waals surface area contributed by atoms with Crippen LogP contribution in [0.25, 0.3) is 22.5 Å². The number of fused-ring (bicyclic) bond motifs is 2. The number of imide groups is 2. The molecule has 2 aromatic heterocycles. The number of anilines is 4. The Morgan fingerprint density at radius 3 is 1.35 bits per heavy atom. The number of nitrogens with two attached hydrogens (primary N) is 2. The van der Waals surface area contributed by atoms with Crippen molar-refractivity contribution < 1.29 is 63.1 Å². The Kier molecular flexibility index (Phi) is 25.0. The first-order valence-electron chi connectivity index (χ1n) is 34.3. The van der Waals surface area contributed by atoms with E-state index in [0.717, 1.165) is 126 Å². The Labute approximate surface area is 574 Å². The fourth-order valence-electron chi connectivity index (χ4n) is 13.1. The highest BCUT2D eigenvalue weighted by molar-refractivity contribution is 6.07. The highest BCUT2D eigenvalue weighted by Crippen LogP contribution is 2.37. The van der Waals surface area contributed by atoms with Gasteiger partial charge < -0.3 is 66.1 Å². The van der Waals surface area contributed by atoms with Gasteiger partial charge in [0.25, 0.3) is 11.8 Å². The molecule has 12 rings (SSSR count). The minimum Gasteiger partial charge on any atom is -0.507 e. The van der Waals surface area contributed by atoms with E-state index in [4.69, 9.17) is 26.0 Å². The van der Waals surface area contributed by atoms with E-state index in [0.29, 0.717) is 129 Å². The van der Waals surface area contributed by atoms with Crippen LogP contribution in [0, 0.1) is 0 Å². The summed E-state index contributed by atoms with van der Waals surface area (Å²) in [4.78, 5) is 106. The number of unbranched alkanes of at least 4 members (excludes halogenated alkanes) is 10. The summed E-state index contributed by atoms with van der Waals surface area (Å²) in [5, 5.41) is 53.1. The fraction of sp³-hybridized carbons (Fsp3) is 0.444. The number of aliphatic carboxylic acids is 1. The zero-order chi connectivity index (χ0) is 69.8. The number of benzene rings is 4. The Bertz CT molecular complexity index is 3880. The van der Waals surface area contributed by atoms with Crippen molar-refractivity contribution in [3.05, 3.63) is 119 Å². The van der Waals surface area contributed by atoms with Crippen LogP contribution in [-0.4, -0.2) is 175 Å². The van der Waals surface area contributed by atoms with Crippen molar-refractivity contribution >= 4 is 70.3 Å². The summed E-state index contributed by atoms with van der Waals surface area (Å²) in [6, 6.07) is 27.3. The first-order chi connectivity index (χ1) is 48.0. The molecule has 4 saturated heterocycles. The molecule has 4 fully saturated rings. The van der Waals surface area contributed by atoms with E-state index < -0.39 is 29.9 Å². The lowest BCUT2D eigenvalue weighted by Crippen LogP contribution is -2.52. The molecule has 0 saturated carbocycles. The highest BCUT2D eigenvalue weighted by atomic mass is 16.5. The normalized spacial score (nSPS) is 17.4. The number of aromatic hydroxyl groups is 2. The molecule has 2 unspecified atom stereocenters. The van der Waals surface area contributed by atoms with Gasteiger partial charge in [0.05, 0.1) is 49.1 Å². The number of phenols is 2. The number of nitrogens with zero attached hydrogens (tertiary/aromatic N) is 9. The third-order valence-electron chi connectivity index (χ3n) is 18.6. The van der Waals surface area contributed by atoms with Crippen molar-refractivity contribution in [1.29, 1.82) is 0 Å². The predicted octanol–water partition coefficient (Wildman–Crippen LogP) is 7.13. The molecule has 0 spiro atoms. The summed E-state index contributed by atoms with van der Waals surface area (Å²) in [6.07, 6.45) is 13.3. The zero-order valence-corrected chi connectivity index (χ0v) is 55.7. The molecular formula is C72H88N14O13. The van der Waals surface area contributed by atoms with Gasteiger partial charge in [0.15, 0.2) is 11.6 Å². The number of hydrogen-bond acceptors (Lipinski definition) is 21. The lowest BCUT2D eigenvalue weighted by molar-refractivity contribution is -0.138. The van der Waals surface area contributed by atoms with Gasteiger partial charge in [-0.1, -0.05) is 87.8 Å². The molecule has 524 valence electrons. The smallest absolute Gasteiger partial charge is 0.303 e. The van der Waals surface area contributed by atoms with Crippen molar-refractivity contribution in [2.45, 2.75) is 141 Å². The van der Waals surface area contributed by atoms with Crippen LogP contribution < -0.4 is 46.7 Å². The number of carboxylic acid groups (broad SMARTS) is 1. The van der Waals surface area contributed by atoms with Crippen LogP contribution in [0.3, 0.4) is 0 Å². The van der Waals surface area contributed by atoms with Gasteiger partial charge in [0, 0.05) is 111 Å². The lowest BCUT2D eigenvalue weighted by Gasteiger charge is -2.36. The molecular weight excluding hydrogens is 1270 g/mol. The van der Waals surface area contributed by atoms with E-state index in [-0.39, 0.29) is 60.3 Å². The lowest BCUT2D eigenvalue weighted by atomic mass is 10.0. The molecule has 4 aromatic carbocycles. The Morgan fingerprint density at radius 2 is 0.909 bits per heavy atom. The van der Waals surface area contributed by atoms with Gasteiger partial charge in [-0.05, 0) is 99.2 Å². The zero-order valence-electron chi connectivity index (χ0n) is 55.7. The molecule has 0 bridgehead atoms. The summed E-state index contributed by atoms with van der Waals surface area (Å²) in [6.45, 7) is 7.80. The summed E-state index contributed by atoms with van der Waals surface area (Å²) in [5.74, 6) is -0.0213. The first kappa shape index (κ1) is 71.3. The summed E-state index contributed by atoms with van der Waals surface area (Å²) >= 11 is 0. The summed E-state index contributed by atoms with van der Waals surface area (Å²) < 4.78 is 12.0. The molecule has 6 aliphatic rings. The predicted molar refractivity (Wildman–Crippen MR) is 369 cm³/mol. The molecule has 27 heteroatoms. The number of nitrogens with one attached hydrogen (secondary N) is 3. The Balaban J connectivity index is 0.000000179. The average Bonchev–Trinajstić information content (AvgIpc) is 0.936. The quantitative estimate of drug-likeness (QED) is 0.0198. The maximum Gasteiger partial charge on any atom is 0.303 e. The van der Waals surface area contributed by atoms with Crippen LogP contribution in [-0.2, 0) is 41.9 Å². The van der Waals surface area contributed by atoms with Crippen LogP contribution in [0.2, 0.25) is 0 Å². The topological polar surface area (TPSA) is 372 Å². The number of ether oxygens (including phenoxy) is 2. The standard InChI is InChI=1S/C36H43N7O6.C22H28N2O6.C14H17N5O/c37-34-29(22-27(39-40-34)25-10-6-7-12-30(25)44)41-17-19-42(20-18-41)33(46)14-5-3-1-2-4-8-21-49-31-13-9-11-24-26(31)23-43(36(24)48)28-15-16-32(45)38-35(28)47;25-19-12-11-17(21(28)23-19)24-14-16-15(22(24)29)8-7-9-18(16)30-13-6-4-2-1-3-5-10-20(26)27;15-14-12(19-7-5-16-6-8-19)9-11(17-18-14)10-3-1-2-4-13(10)20/h6-7,9-13,22,28,44H,1-5,8,14-21,23H2,(H2,37,40)(H,38,45,47);7-9,17H,1-6,10-14H2,(H,26,27)(H,23,25,28);1-4,9,16,20H,5-8H2,(H2,15,18). The Hall–Kier alpha value is -10.4. The van der Waals surface area contributed by atoms with E-state index in [2.05, 4.69) is 46.1 Å². The second-order valence-electron chi connectivity index (χ2n) is 25.3. The number of carbonyl (C=O) groups excluding carboxylic acids is 7. The van der Waals surface area contributed by atoms with E-state index in [1.807, 2.05) is 47.4 Å². The molecule has 27 nitrogen and oxygen atoms in total. The van der Waals surface area contributed by atoms with Gasteiger partial charge in [-0.15, -0.1) is 20.4 Å². The number of para-hydroxylation sites is 2. The van der Waals surface area contributed by atoms with E-state index in [9.17, 15) is 48.6 Å². The molecule has 6 aromatic rings. The molecule has 8 heterocycles.